The minimum absolute atomic E-state index is 0.645. The molecule has 0 bridgehead atoms. The van der Waals surface area contributed by atoms with Crippen LogP contribution >= 0.6 is 12.2 Å². The lowest BCUT2D eigenvalue weighted by molar-refractivity contribution is 0.348. The average Bonchev–Trinajstić information content (AvgIpc) is 2.46. The van der Waals surface area contributed by atoms with Crippen molar-refractivity contribution < 1.29 is 0 Å². The van der Waals surface area contributed by atoms with Crippen molar-refractivity contribution in [2.45, 2.75) is 19.3 Å². The van der Waals surface area contributed by atoms with Crippen molar-refractivity contribution in [1.29, 1.82) is 5.26 Å². The third-order valence-corrected chi connectivity index (χ3v) is 3.52. The molecule has 0 amide bonds. The van der Waals surface area contributed by atoms with Gasteiger partial charge >= 0.3 is 0 Å². The fourth-order valence-electron chi connectivity index (χ4n) is 2.13. The van der Waals surface area contributed by atoms with Gasteiger partial charge in [0.2, 0.25) is 0 Å². The van der Waals surface area contributed by atoms with Gasteiger partial charge in [0.05, 0.1) is 11.6 Å². The van der Waals surface area contributed by atoms with Crippen molar-refractivity contribution in [3.05, 3.63) is 42.0 Å². The molecule has 1 aromatic rings. The van der Waals surface area contributed by atoms with E-state index in [9.17, 15) is 5.26 Å². The molecule has 0 spiro atoms. The Morgan fingerprint density at radius 2 is 1.83 bits per heavy atom. The van der Waals surface area contributed by atoms with E-state index < -0.39 is 0 Å². The second kappa shape index (κ2) is 6.32. The van der Waals surface area contributed by atoms with Crippen LogP contribution < -0.4 is 0 Å². The van der Waals surface area contributed by atoms with Crippen molar-refractivity contribution in [2.75, 3.05) is 13.1 Å². The van der Waals surface area contributed by atoms with Gasteiger partial charge in [0, 0.05) is 13.1 Å². The number of benzene rings is 1. The van der Waals surface area contributed by atoms with Gasteiger partial charge in [0.15, 0.2) is 0 Å². The molecule has 1 fully saturated rings. The zero-order chi connectivity index (χ0) is 12.8. The molecular formula is C15H16N2S. The number of hydrogen-bond acceptors (Lipinski definition) is 2. The molecule has 0 unspecified atom stereocenters. The van der Waals surface area contributed by atoms with E-state index in [-0.39, 0.29) is 0 Å². The van der Waals surface area contributed by atoms with E-state index >= 15 is 0 Å². The fourth-order valence-corrected chi connectivity index (χ4v) is 2.43. The molecule has 92 valence electrons. The van der Waals surface area contributed by atoms with Gasteiger partial charge in [0.25, 0.3) is 0 Å². The predicted octanol–water partition coefficient (Wildman–Crippen LogP) is 3.41. The summed E-state index contributed by atoms with van der Waals surface area (Å²) in [6, 6.07) is 11.9. The lowest BCUT2D eigenvalue weighted by Gasteiger charge is -2.27. The standard InChI is InChI=1S/C15H16N2S/c16-12-14(13-7-3-1-4-8-13)11-15(18)17-9-5-2-6-10-17/h1,3-4,7-8,11H,2,5-6,9-10H2/b14-11+. The van der Waals surface area contributed by atoms with E-state index in [2.05, 4.69) is 11.0 Å². The second-order valence-corrected chi connectivity index (χ2v) is 4.84. The number of piperidine rings is 1. The average molecular weight is 256 g/mol. The molecule has 1 aromatic carbocycles. The maximum absolute atomic E-state index is 9.23. The van der Waals surface area contributed by atoms with Crippen LogP contribution in [0.25, 0.3) is 5.57 Å². The normalized spacial score (nSPS) is 16.2. The lowest BCUT2D eigenvalue weighted by atomic mass is 10.1. The number of rotatable bonds is 2. The van der Waals surface area contributed by atoms with Gasteiger partial charge in [-0.05, 0) is 30.9 Å². The number of nitriles is 1. The van der Waals surface area contributed by atoms with Crippen LogP contribution in [0.5, 0.6) is 0 Å². The smallest absolute Gasteiger partial charge is 0.103 e. The van der Waals surface area contributed by atoms with E-state index in [1.807, 2.05) is 36.4 Å². The summed E-state index contributed by atoms with van der Waals surface area (Å²) in [7, 11) is 0. The summed E-state index contributed by atoms with van der Waals surface area (Å²) in [6.07, 6.45) is 5.50. The van der Waals surface area contributed by atoms with Crippen molar-refractivity contribution in [3.63, 3.8) is 0 Å². The van der Waals surface area contributed by atoms with Crippen LogP contribution in [0.2, 0.25) is 0 Å². The molecule has 1 saturated heterocycles. The Bertz CT molecular complexity index is 479. The first-order valence-electron chi connectivity index (χ1n) is 6.27. The number of allylic oxidation sites excluding steroid dienone is 1. The molecule has 1 aliphatic heterocycles. The van der Waals surface area contributed by atoms with Crippen molar-refractivity contribution in [2.24, 2.45) is 0 Å². The third-order valence-electron chi connectivity index (χ3n) is 3.14. The number of hydrogen-bond donors (Lipinski definition) is 0. The lowest BCUT2D eigenvalue weighted by Crippen LogP contribution is -2.33. The second-order valence-electron chi connectivity index (χ2n) is 4.42. The van der Waals surface area contributed by atoms with E-state index in [0.29, 0.717) is 5.57 Å². The van der Waals surface area contributed by atoms with E-state index in [4.69, 9.17) is 12.2 Å². The Balaban J connectivity index is 2.15. The molecule has 2 rings (SSSR count). The van der Waals surface area contributed by atoms with E-state index in [0.717, 1.165) is 23.6 Å². The summed E-state index contributed by atoms with van der Waals surface area (Å²) >= 11 is 5.41. The molecule has 3 heteroatoms. The zero-order valence-corrected chi connectivity index (χ0v) is 11.1. The van der Waals surface area contributed by atoms with Gasteiger partial charge in [-0.3, -0.25) is 0 Å². The molecule has 18 heavy (non-hydrogen) atoms. The minimum atomic E-state index is 0.645. The zero-order valence-electron chi connectivity index (χ0n) is 10.3. The maximum atomic E-state index is 9.23. The first-order valence-corrected chi connectivity index (χ1v) is 6.68. The third kappa shape index (κ3) is 3.18. The van der Waals surface area contributed by atoms with Crippen molar-refractivity contribution >= 4 is 22.8 Å². The van der Waals surface area contributed by atoms with Gasteiger partial charge in [-0.15, -0.1) is 0 Å². The van der Waals surface area contributed by atoms with Crippen LogP contribution in [0.3, 0.4) is 0 Å². The van der Waals surface area contributed by atoms with Crippen LogP contribution in [0.15, 0.2) is 36.4 Å². The van der Waals surface area contributed by atoms with Gasteiger partial charge in [-0.25, -0.2) is 0 Å². The summed E-state index contributed by atoms with van der Waals surface area (Å²) in [5.41, 5.74) is 1.57. The van der Waals surface area contributed by atoms with Gasteiger partial charge in [-0.2, -0.15) is 5.26 Å². The van der Waals surface area contributed by atoms with Crippen LogP contribution in [0, 0.1) is 11.3 Å². The summed E-state index contributed by atoms with van der Waals surface area (Å²) in [5, 5.41) is 9.23. The van der Waals surface area contributed by atoms with Gasteiger partial charge in [-0.1, -0.05) is 42.5 Å². The largest absolute Gasteiger partial charge is 0.363 e. The molecule has 0 radical (unpaired) electrons. The van der Waals surface area contributed by atoms with Crippen LogP contribution in [-0.4, -0.2) is 23.0 Å². The molecule has 0 aromatic heterocycles. The van der Waals surface area contributed by atoms with Crippen LogP contribution in [0.1, 0.15) is 24.8 Å². The molecule has 0 aliphatic carbocycles. The van der Waals surface area contributed by atoms with Gasteiger partial charge in [0.1, 0.15) is 4.99 Å². The summed E-state index contributed by atoms with van der Waals surface area (Å²) in [4.78, 5) is 2.98. The molecule has 0 N–H and O–H groups in total. The van der Waals surface area contributed by atoms with Crippen LogP contribution in [-0.2, 0) is 0 Å². The number of nitrogens with zero attached hydrogens (tertiary/aromatic N) is 2. The highest BCUT2D eigenvalue weighted by molar-refractivity contribution is 7.80. The van der Waals surface area contributed by atoms with E-state index in [1.54, 1.807) is 0 Å². The van der Waals surface area contributed by atoms with Gasteiger partial charge < -0.3 is 4.90 Å². The molecule has 0 atom stereocenters. The molecular weight excluding hydrogens is 240 g/mol. The van der Waals surface area contributed by atoms with E-state index in [1.165, 1.54) is 19.3 Å². The van der Waals surface area contributed by atoms with Crippen LogP contribution in [0.4, 0.5) is 0 Å². The number of likely N-dealkylation sites (tertiary alicyclic amines) is 1. The Kier molecular flexibility index (Phi) is 4.49. The molecule has 2 nitrogen and oxygen atoms in total. The Hall–Kier alpha value is -1.66. The summed E-state index contributed by atoms with van der Waals surface area (Å²) in [6.45, 7) is 2.03. The molecule has 0 saturated carbocycles. The first kappa shape index (κ1) is 12.8. The molecule has 1 heterocycles. The summed E-state index contributed by atoms with van der Waals surface area (Å²) in [5.74, 6) is 0. The topological polar surface area (TPSA) is 27.0 Å². The maximum Gasteiger partial charge on any atom is 0.103 e. The first-order chi connectivity index (χ1) is 8.81. The highest BCUT2D eigenvalue weighted by Gasteiger charge is 2.12. The number of thiocarbonyl (C=S) groups is 1. The Labute approximate surface area is 114 Å². The Morgan fingerprint density at radius 1 is 1.17 bits per heavy atom. The fraction of sp³-hybridized carbons (Fsp3) is 0.333. The molecule has 1 aliphatic rings. The quantitative estimate of drug-likeness (QED) is 0.461. The SMILES string of the molecule is N#C/C(=C\C(=S)N1CCCCC1)c1ccccc1. The highest BCUT2D eigenvalue weighted by atomic mass is 32.1. The predicted molar refractivity (Wildman–Crippen MR) is 78.1 cm³/mol. The monoisotopic (exact) mass is 256 g/mol. The van der Waals surface area contributed by atoms with Crippen molar-refractivity contribution in [3.8, 4) is 6.07 Å². The minimum Gasteiger partial charge on any atom is -0.363 e. The summed E-state index contributed by atoms with van der Waals surface area (Å²) < 4.78 is 0. The highest BCUT2D eigenvalue weighted by Crippen LogP contribution is 2.16. The Morgan fingerprint density at radius 3 is 2.44 bits per heavy atom. The van der Waals surface area contributed by atoms with Crippen molar-refractivity contribution in [1.82, 2.24) is 4.90 Å².